The summed E-state index contributed by atoms with van der Waals surface area (Å²) in [6.07, 6.45) is 1.20. The Balaban J connectivity index is 2.57. The third-order valence-corrected chi connectivity index (χ3v) is 0.725. The van der Waals surface area contributed by atoms with Crippen molar-refractivity contribution in [1.29, 1.82) is 0 Å². The van der Waals surface area contributed by atoms with Crippen molar-refractivity contribution in [2.75, 3.05) is 0 Å². The number of aliphatic hydroxyl groups excluding tert-OH is 1. The van der Waals surface area contributed by atoms with E-state index in [9.17, 15) is 4.79 Å². The molecule has 0 aromatic carbocycles. The molecule has 0 aromatic heterocycles. The summed E-state index contributed by atoms with van der Waals surface area (Å²) in [6.45, 7) is 0. The van der Waals surface area contributed by atoms with Gasteiger partial charge in [-0.1, -0.05) is 0 Å². The highest BCUT2D eigenvalue weighted by atomic mass is 16.6. The molecule has 0 spiro atoms. The molecule has 0 aromatic rings. The lowest BCUT2D eigenvalue weighted by atomic mass is 10.5. The van der Waals surface area contributed by atoms with Crippen LogP contribution in [0.1, 0.15) is 0 Å². The van der Waals surface area contributed by atoms with Crippen LogP contribution in [0, 0.1) is 0 Å². The van der Waals surface area contributed by atoms with Crippen LogP contribution in [-0.4, -0.2) is 17.3 Å². The molecule has 1 rings (SSSR count). The number of rotatable bonds is 0. The van der Waals surface area contributed by atoms with Gasteiger partial charge in [0.25, 0.3) is 12.2 Å². The Morgan fingerprint density at radius 1 is 1.88 bits per heavy atom. The topological polar surface area (TPSA) is 58.6 Å². The van der Waals surface area contributed by atoms with Gasteiger partial charge in [-0.15, -0.1) is 0 Å². The maximum atomic E-state index is 10.3. The van der Waals surface area contributed by atoms with Crippen LogP contribution in [0.2, 0.25) is 0 Å². The van der Waals surface area contributed by atoms with Gasteiger partial charge in [-0.05, 0) is 0 Å². The average molecular weight is 115 g/mol. The molecule has 0 saturated heterocycles. The minimum atomic E-state index is -1.33. The van der Waals surface area contributed by atoms with E-state index in [0.29, 0.717) is 0 Å². The smallest absolute Gasteiger partial charge is 0.293 e. The molecule has 1 aliphatic rings. The molecular weight excluding hydrogens is 110 g/mol. The molecule has 1 aliphatic heterocycles. The molecule has 0 bridgehead atoms. The SMILES string of the molecule is O=C1NC=COC1O. The van der Waals surface area contributed by atoms with E-state index >= 15 is 0 Å². The van der Waals surface area contributed by atoms with E-state index in [-0.39, 0.29) is 0 Å². The summed E-state index contributed by atoms with van der Waals surface area (Å²) in [5.41, 5.74) is 0. The van der Waals surface area contributed by atoms with E-state index in [1.165, 1.54) is 12.5 Å². The second kappa shape index (κ2) is 1.83. The number of hydrogen-bond acceptors (Lipinski definition) is 3. The van der Waals surface area contributed by atoms with E-state index in [1.54, 1.807) is 0 Å². The lowest BCUT2D eigenvalue weighted by Gasteiger charge is -2.11. The fraction of sp³-hybridized carbons (Fsp3) is 0.250. The van der Waals surface area contributed by atoms with Crippen molar-refractivity contribution < 1.29 is 14.6 Å². The number of hydrogen-bond donors (Lipinski definition) is 2. The average Bonchev–Trinajstić information content (AvgIpc) is 1.77. The molecule has 1 heterocycles. The molecular formula is C4H5NO3. The van der Waals surface area contributed by atoms with Gasteiger partial charge >= 0.3 is 0 Å². The van der Waals surface area contributed by atoms with Crippen molar-refractivity contribution in [2.45, 2.75) is 6.29 Å². The Kier molecular flexibility index (Phi) is 1.17. The molecule has 44 valence electrons. The van der Waals surface area contributed by atoms with Gasteiger partial charge in [0.15, 0.2) is 0 Å². The summed E-state index contributed by atoms with van der Waals surface area (Å²) in [5.74, 6) is -0.535. The zero-order chi connectivity index (χ0) is 5.98. The van der Waals surface area contributed by atoms with Gasteiger partial charge in [0.05, 0.1) is 0 Å². The van der Waals surface area contributed by atoms with Crippen molar-refractivity contribution in [3.63, 3.8) is 0 Å². The fourth-order valence-electron chi connectivity index (χ4n) is 0.363. The predicted octanol–water partition coefficient (Wildman–Crippen LogP) is -1.08. The van der Waals surface area contributed by atoms with E-state index in [0.717, 1.165) is 0 Å². The lowest BCUT2D eigenvalue weighted by Crippen LogP contribution is -2.35. The third-order valence-electron chi connectivity index (χ3n) is 0.725. The highest BCUT2D eigenvalue weighted by molar-refractivity contribution is 5.80. The molecule has 1 atom stereocenters. The van der Waals surface area contributed by atoms with Crippen LogP contribution in [0.4, 0.5) is 0 Å². The van der Waals surface area contributed by atoms with Crippen molar-refractivity contribution in [3.8, 4) is 0 Å². The maximum absolute atomic E-state index is 10.3. The summed E-state index contributed by atoms with van der Waals surface area (Å²) >= 11 is 0. The van der Waals surface area contributed by atoms with Crippen molar-refractivity contribution in [2.24, 2.45) is 0 Å². The summed E-state index contributed by atoms with van der Waals surface area (Å²) in [4.78, 5) is 10.3. The standard InChI is InChI=1S/C4H5NO3/c6-3-4(7)8-2-1-5-3/h1-2,4,7H,(H,5,6). The van der Waals surface area contributed by atoms with Gasteiger partial charge in [0.2, 0.25) is 0 Å². The molecule has 1 amide bonds. The molecule has 4 nitrogen and oxygen atoms in total. The van der Waals surface area contributed by atoms with Gasteiger partial charge in [-0.2, -0.15) is 0 Å². The van der Waals surface area contributed by atoms with Gasteiger partial charge in [-0.3, -0.25) is 4.79 Å². The second-order valence-corrected chi connectivity index (χ2v) is 1.30. The quantitative estimate of drug-likeness (QED) is 0.422. The monoisotopic (exact) mass is 115 g/mol. The van der Waals surface area contributed by atoms with Crippen molar-refractivity contribution in [1.82, 2.24) is 5.32 Å². The number of aliphatic hydroxyl groups is 1. The predicted molar refractivity (Wildman–Crippen MR) is 24.4 cm³/mol. The Hall–Kier alpha value is -1.03. The van der Waals surface area contributed by atoms with E-state index in [4.69, 9.17) is 5.11 Å². The van der Waals surface area contributed by atoms with Gasteiger partial charge in [-0.25, -0.2) is 0 Å². The number of amides is 1. The normalized spacial score (nSPS) is 26.6. The van der Waals surface area contributed by atoms with Crippen LogP contribution in [0.5, 0.6) is 0 Å². The Morgan fingerprint density at radius 2 is 2.62 bits per heavy atom. The fourth-order valence-corrected chi connectivity index (χ4v) is 0.363. The zero-order valence-corrected chi connectivity index (χ0v) is 4.00. The van der Waals surface area contributed by atoms with E-state index in [2.05, 4.69) is 10.1 Å². The van der Waals surface area contributed by atoms with E-state index in [1.807, 2.05) is 0 Å². The summed E-state index contributed by atoms with van der Waals surface area (Å²) in [6, 6.07) is 0. The first-order chi connectivity index (χ1) is 3.80. The Labute approximate surface area is 45.8 Å². The molecule has 0 saturated carbocycles. The minimum Gasteiger partial charge on any atom is -0.462 e. The van der Waals surface area contributed by atoms with Gasteiger partial charge in [0, 0.05) is 6.20 Å². The van der Waals surface area contributed by atoms with Crippen LogP contribution in [-0.2, 0) is 9.53 Å². The number of carbonyl (C=O) groups excluding carboxylic acids is 1. The van der Waals surface area contributed by atoms with Crippen LogP contribution >= 0.6 is 0 Å². The summed E-state index contributed by atoms with van der Waals surface area (Å²) in [7, 11) is 0. The number of nitrogens with one attached hydrogen (secondary N) is 1. The molecule has 8 heavy (non-hydrogen) atoms. The molecule has 2 N–H and O–H groups in total. The van der Waals surface area contributed by atoms with Crippen molar-refractivity contribution >= 4 is 5.91 Å². The highest BCUT2D eigenvalue weighted by Gasteiger charge is 2.15. The van der Waals surface area contributed by atoms with Gasteiger partial charge < -0.3 is 15.2 Å². The van der Waals surface area contributed by atoms with Crippen LogP contribution in [0.25, 0.3) is 0 Å². The Morgan fingerprint density at radius 3 is 3.00 bits per heavy atom. The molecule has 1 unspecified atom stereocenters. The first-order valence-electron chi connectivity index (χ1n) is 2.09. The van der Waals surface area contributed by atoms with Gasteiger partial charge in [0.1, 0.15) is 6.26 Å². The lowest BCUT2D eigenvalue weighted by molar-refractivity contribution is -0.149. The molecule has 0 radical (unpaired) electrons. The summed E-state index contributed by atoms with van der Waals surface area (Å²) in [5, 5.41) is 10.7. The zero-order valence-electron chi connectivity index (χ0n) is 4.00. The summed E-state index contributed by atoms with van der Waals surface area (Å²) < 4.78 is 4.35. The minimum absolute atomic E-state index is 0.535. The first-order valence-corrected chi connectivity index (χ1v) is 2.09. The largest absolute Gasteiger partial charge is 0.462 e. The number of carbonyl (C=O) groups is 1. The van der Waals surface area contributed by atoms with Crippen LogP contribution < -0.4 is 5.32 Å². The van der Waals surface area contributed by atoms with Crippen molar-refractivity contribution in [3.05, 3.63) is 12.5 Å². The molecule has 0 fully saturated rings. The first kappa shape index (κ1) is 5.11. The van der Waals surface area contributed by atoms with Crippen LogP contribution in [0.15, 0.2) is 12.5 Å². The molecule has 0 aliphatic carbocycles. The van der Waals surface area contributed by atoms with E-state index < -0.39 is 12.2 Å². The Bertz CT molecular complexity index is 131. The third kappa shape index (κ3) is 0.788. The van der Waals surface area contributed by atoms with Crippen LogP contribution in [0.3, 0.4) is 0 Å². The maximum Gasteiger partial charge on any atom is 0.293 e. The molecule has 4 heteroatoms. The number of ether oxygens (including phenoxy) is 1. The second-order valence-electron chi connectivity index (χ2n) is 1.30. The highest BCUT2D eigenvalue weighted by Crippen LogP contribution is 1.92.